The fraction of sp³-hybridized carbons (Fsp3) is 0.231. The van der Waals surface area contributed by atoms with E-state index < -0.39 is 0 Å². The summed E-state index contributed by atoms with van der Waals surface area (Å²) in [6.07, 6.45) is 1.66. The Morgan fingerprint density at radius 1 is 1.28 bits per heavy atom. The first-order chi connectivity index (χ1) is 8.56. The van der Waals surface area contributed by atoms with Gasteiger partial charge >= 0.3 is 0 Å². The summed E-state index contributed by atoms with van der Waals surface area (Å²) in [5.74, 6) is -0.157. The Balaban J connectivity index is 2.09. The zero-order valence-corrected chi connectivity index (χ0v) is 11.3. The van der Waals surface area contributed by atoms with Crippen molar-refractivity contribution in [2.75, 3.05) is 5.43 Å². The molecule has 2 aromatic rings. The zero-order chi connectivity index (χ0) is 13.1. The van der Waals surface area contributed by atoms with Gasteiger partial charge in [-0.1, -0.05) is 0 Å². The minimum atomic E-state index is -0.157. The van der Waals surface area contributed by atoms with E-state index in [4.69, 9.17) is 0 Å². The van der Waals surface area contributed by atoms with Crippen LogP contribution in [-0.4, -0.2) is 11.2 Å². The van der Waals surface area contributed by atoms with Crippen molar-refractivity contribution in [3.05, 3.63) is 45.7 Å². The molecule has 1 aromatic carbocycles. The van der Waals surface area contributed by atoms with Crippen LogP contribution in [0.25, 0.3) is 0 Å². The van der Waals surface area contributed by atoms with Crippen LogP contribution in [0.2, 0.25) is 0 Å². The Bertz CT molecular complexity index is 567. The predicted molar refractivity (Wildman–Crippen MR) is 73.9 cm³/mol. The second-order valence-electron chi connectivity index (χ2n) is 4.13. The monoisotopic (exact) mass is 263 g/mol. The molecule has 0 saturated carbocycles. The van der Waals surface area contributed by atoms with Gasteiger partial charge in [0.25, 0.3) is 0 Å². The molecule has 1 aromatic heterocycles. The second kappa shape index (κ2) is 5.27. The van der Waals surface area contributed by atoms with Gasteiger partial charge in [0.2, 0.25) is 5.13 Å². The van der Waals surface area contributed by atoms with E-state index in [1.807, 2.05) is 12.3 Å². The lowest BCUT2D eigenvalue weighted by Gasteiger charge is -2.02. The molecule has 1 heterocycles. The van der Waals surface area contributed by atoms with Gasteiger partial charge < -0.3 is 0 Å². The molecule has 0 unspecified atom stereocenters. The summed E-state index contributed by atoms with van der Waals surface area (Å²) in [4.78, 5) is 4.22. The lowest BCUT2D eigenvalue weighted by Crippen LogP contribution is -1.94. The SMILES string of the molecule is Cc1csc(NN=Cc2cc(C)c(F)c(C)c2)n1. The van der Waals surface area contributed by atoms with E-state index in [0.29, 0.717) is 11.1 Å². The van der Waals surface area contributed by atoms with Crippen LogP contribution in [0.5, 0.6) is 0 Å². The first-order valence-corrected chi connectivity index (χ1v) is 6.42. The molecule has 5 heteroatoms. The Morgan fingerprint density at radius 2 is 1.94 bits per heavy atom. The molecule has 0 bridgehead atoms. The van der Waals surface area contributed by atoms with E-state index in [0.717, 1.165) is 16.4 Å². The van der Waals surface area contributed by atoms with Crippen LogP contribution in [0.3, 0.4) is 0 Å². The van der Waals surface area contributed by atoms with Crippen LogP contribution in [0.15, 0.2) is 22.6 Å². The maximum Gasteiger partial charge on any atom is 0.203 e. The number of aromatic nitrogens is 1. The maximum atomic E-state index is 13.4. The molecule has 0 spiro atoms. The topological polar surface area (TPSA) is 37.3 Å². The number of thiazole rings is 1. The lowest BCUT2D eigenvalue weighted by atomic mass is 10.1. The van der Waals surface area contributed by atoms with Crippen molar-refractivity contribution in [3.8, 4) is 0 Å². The molecule has 0 fully saturated rings. The van der Waals surface area contributed by atoms with Gasteiger partial charge in [-0.15, -0.1) is 11.3 Å². The molecule has 0 amide bonds. The van der Waals surface area contributed by atoms with Crippen molar-refractivity contribution < 1.29 is 4.39 Å². The van der Waals surface area contributed by atoms with Crippen molar-refractivity contribution in [1.82, 2.24) is 4.98 Å². The molecule has 0 radical (unpaired) electrons. The first-order valence-electron chi connectivity index (χ1n) is 5.54. The van der Waals surface area contributed by atoms with Crippen molar-refractivity contribution in [2.45, 2.75) is 20.8 Å². The number of nitrogens with zero attached hydrogens (tertiary/aromatic N) is 2. The molecule has 94 valence electrons. The number of nitrogens with one attached hydrogen (secondary N) is 1. The molecular formula is C13H14FN3S. The first kappa shape index (κ1) is 12.7. The summed E-state index contributed by atoms with van der Waals surface area (Å²) < 4.78 is 13.4. The number of hydrazone groups is 1. The Morgan fingerprint density at radius 3 is 2.50 bits per heavy atom. The highest BCUT2D eigenvalue weighted by atomic mass is 32.1. The van der Waals surface area contributed by atoms with Crippen molar-refractivity contribution in [3.63, 3.8) is 0 Å². The quantitative estimate of drug-likeness (QED) is 0.678. The lowest BCUT2D eigenvalue weighted by molar-refractivity contribution is 0.609. The van der Waals surface area contributed by atoms with Gasteiger partial charge in [0.05, 0.1) is 11.9 Å². The van der Waals surface area contributed by atoms with Crippen LogP contribution in [0.4, 0.5) is 9.52 Å². The highest BCUT2D eigenvalue weighted by Gasteiger charge is 2.02. The zero-order valence-electron chi connectivity index (χ0n) is 10.5. The highest BCUT2D eigenvalue weighted by molar-refractivity contribution is 7.13. The van der Waals surface area contributed by atoms with Gasteiger partial charge in [-0.25, -0.2) is 9.37 Å². The van der Waals surface area contributed by atoms with Crippen molar-refractivity contribution >= 4 is 22.7 Å². The summed E-state index contributed by atoms with van der Waals surface area (Å²) in [7, 11) is 0. The summed E-state index contributed by atoms with van der Waals surface area (Å²) >= 11 is 1.50. The van der Waals surface area contributed by atoms with Crippen LogP contribution >= 0.6 is 11.3 Å². The molecule has 0 aliphatic carbocycles. The molecular weight excluding hydrogens is 249 g/mol. The number of anilines is 1. The van der Waals surface area contributed by atoms with Crippen LogP contribution < -0.4 is 5.43 Å². The van der Waals surface area contributed by atoms with Gasteiger partial charge in [0, 0.05) is 5.38 Å². The molecule has 0 aliphatic heterocycles. The normalized spacial score (nSPS) is 11.1. The van der Waals surface area contributed by atoms with Crippen LogP contribution in [-0.2, 0) is 0 Å². The van der Waals surface area contributed by atoms with Crippen molar-refractivity contribution in [2.24, 2.45) is 5.10 Å². The number of hydrogen-bond acceptors (Lipinski definition) is 4. The average molecular weight is 263 g/mol. The minimum absolute atomic E-state index is 0.157. The van der Waals surface area contributed by atoms with Gasteiger partial charge in [-0.3, -0.25) is 5.43 Å². The van der Waals surface area contributed by atoms with E-state index in [2.05, 4.69) is 15.5 Å². The largest absolute Gasteiger partial charge is 0.253 e. The highest BCUT2D eigenvalue weighted by Crippen LogP contribution is 2.15. The molecule has 1 N–H and O–H groups in total. The Labute approximate surface area is 109 Å². The number of rotatable bonds is 3. The minimum Gasteiger partial charge on any atom is -0.253 e. The third kappa shape index (κ3) is 2.92. The summed E-state index contributed by atoms with van der Waals surface area (Å²) in [6, 6.07) is 3.53. The summed E-state index contributed by atoms with van der Waals surface area (Å²) in [5, 5.41) is 6.79. The average Bonchev–Trinajstić information content (AvgIpc) is 2.72. The predicted octanol–water partition coefficient (Wildman–Crippen LogP) is 3.65. The molecule has 18 heavy (non-hydrogen) atoms. The smallest absolute Gasteiger partial charge is 0.203 e. The standard InChI is InChI=1S/C13H14FN3S/c1-8-4-11(5-9(2)12(8)14)6-15-17-13-16-10(3)7-18-13/h4-7H,1-3H3,(H,16,17). The van der Waals surface area contributed by atoms with E-state index >= 15 is 0 Å². The third-order valence-corrected chi connectivity index (χ3v) is 3.32. The van der Waals surface area contributed by atoms with Gasteiger partial charge in [-0.05, 0) is 49.6 Å². The maximum absolute atomic E-state index is 13.4. The number of halogens is 1. The number of benzene rings is 1. The summed E-state index contributed by atoms with van der Waals surface area (Å²) in [6.45, 7) is 5.42. The van der Waals surface area contributed by atoms with E-state index in [1.54, 1.807) is 32.2 Å². The fourth-order valence-corrected chi connectivity index (χ4v) is 2.26. The van der Waals surface area contributed by atoms with Gasteiger partial charge in [-0.2, -0.15) is 5.10 Å². The second-order valence-corrected chi connectivity index (χ2v) is 4.99. The van der Waals surface area contributed by atoms with E-state index in [-0.39, 0.29) is 5.82 Å². The Kier molecular flexibility index (Phi) is 3.72. The van der Waals surface area contributed by atoms with E-state index in [9.17, 15) is 4.39 Å². The number of aryl methyl sites for hydroxylation is 3. The van der Waals surface area contributed by atoms with Crippen LogP contribution in [0.1, 0.15) is 22.4 Å². The molecule has 0 saturated heterocycles. The molecule has 0 atom stereocenters. The number of hydrogen-bond donors (Lipinski definition) is 1. The van der Waals surface area contributed by atoms with Gasteiger partial charge in [0.1, 0.15) is 5.82 Å². The van der Waals surface area contributed by atoms with Gasteiger partial charge in [0.15, 0.2) is 0 Å². The van der Waals surface area contributed by atoms with E-state index in [1.165, 1.54) is 11.3 Å². The third-order valence-electron chi connectivity index (χ3n) is 2.45. The molecule has 3 nitrogen and oxygen atoms in total. The van der Waals surface area contributed by atoms with Crippen molar-refractivity contribution in [1.29, 1.82) is 0 Å². The molecule has 2 rings (SSSR count). The summed E-state index contributed by atoms with van der Waals surface area (Å²) in [5.41, 5.74) is 5.94. The molecule has 0 aliphatic rings. The fourth-order valence-electron chi connectivity index (χ4n) is 1.62. The van der Waals surface area contributed by atoms with Crippen LogP contribution in [0, 0.1) is 26.6 Å². The Hall–Kier alpha value is -1.75.